The fourth-order valence-electron chi connectivity index (χ4n) is 3.96. The van der Waals surface area contributed by atoms with Crippen molar-refractivity contribution < 1.29 is 18.4 Å². The lowest BCUT2D eigenvalue weighted by Gasteiger charge is -2.18. The number of rotatable bonds is 14. The van der Waals surface area contributed by atoms with Crippen molar-refractivity contribution in [1.82, 2.24) is 31.0 Å². The Hall–Kier alpha value is -4.04. The predicted octanol–water partition coefficient (Wildman–Crippen LogP) is 2.89. The summed E-state index contributed by atoms with van der Waals surface area (Å²) in [5, 5.41) is 4.64. The smallest absolute Gasteiger partial charge is 0.275 e. The molecule has 11 nitrogen and oxygen atoms in total. The highest BCUT2D eigenvalue weighted by Gasteiger charge is 2.19. The van der Waals surface area contributed by atoms with Gasteiger partial charge in [0.2, 0.25) is 12.4 Å². The van der Waals surface area contributed by atoms with E-state index in [0.29, 0.717) is 23.5 Å². The molecule has 2 aromatic rings. The molecular formula is C27H35F2N9O2S. The van der Waals surface area contributed by atoms with Gasteiger partial charge in [0, 0.05) is 36.1 Å². The Kier molecular flexibility index (Phi) is 12.5. The first-order valence-electron chi connectivity index (χ1n) is 13.2. The van der Waals surface area contributed by atoms with Gasteiger partial charge in [0.1, 0.15) is 16.4 Å². The van der Waals surface area contributed by atoms with E-state index in [9.17, 15) is 18.4 Å². The molecule has 2 heterocycles. The zero-order valence-corrected chi connectivity index (χ0v) is 23.9. The number of nitrogens with zero attached hydrogens (tertiary/aromatic N) is 5. The Morgan fingerprint density at radius 3 is 2.68 bits per heavy atom. The Morgan fingerprint density at radius 1 is 1.17 bits per heavy atom. The Balaban J connectivity index is 1.85. The molecule has 0 bridgehead atoms. The van der Waals surface area contributed by atoms with Crippen LogP contribution in [0.5, 0.6) is 0 Å². The fraction of sp³-hybridized carbons (Fsp3) is 0.407. The maximum atomic E-state index is 14.5. The summed E-state index contributed by atoms with van der Waals surface area (Å²) in [6, 6.07) is 1.84. The Labute approximate surface area is 241 Å². The number of nitrogens with one attached hydrogen (secondary N) is 3. The number of hydrogen-bond donors (Lipinski definition) is 4. The number of allylic oxidation sites excluding steroid dienone is 2. The van der Waals surface area contributed by atoms with Crippen LogP contribution in [-0.2, 0) is 4.79 Å². The third kappa shape index (κ3) is 10.1. The molecule has 41 heavy (non-hydrogen) atoms. The van der Waals surface area contributed by atoms with Gasteiger partial charge >= 0.3 is 0 Å². The molecule has 0 spiro atoms. The van der Waals surface area contributed by atoms with Crippen LogP contribution in [0.3, 0.4) is 0 Å². The molecule has 1 fully saturated rings. The van der Waals surface area contributed by atoms with Crippen molar-refractivity contribution in [2.45, 2.75) is 44.6 Å². The summed E-state index contributed by atoms with van der Waals surface area (Å²) in [7, 11) is 3.96. The summed E-state index contributed by atoms with van der Waals surface area (Å²) in [5.41, 5.74) is 11.0. The molecule has 1 aliphatic carbocycles. The molecule has 1 saturated carbocycles. The van der Waals surface area contributed by atoms with Gasteiger partial charge in [-0.2, -0.15) is 4.39 Å². The van der Waals surface area contributed by atoms with Gasteiger partial charge in [0.25, 0.3) is 5.91 Å². The van der Waals surface area contributed by atoms with E-state index in [2.05, 4.69) is 41.0 Å². The van der Waals surface area contributed by atoms with Crippen LogP contribution in [0.4, 0.5) is 8.78 Å². The number of carbonyl (C=O) groups excluding carboxylic acids is 2. The molecule has 14 heteroatoms. The van der Waals surface area contributed by atoms with Gasteiger partial charge < -0.3 is 21.4 Å². The Bertz CT molecular complexity index is 1300. The van der Waals surface area contributed by atoms with E-state index in [1.807, 2.05) is 14.1 Å². The number of halogens is 2. The second-order valence-electron chi connectivity index (χ2n) is 9.55. The number of nitrogens with two attached hydrogens (primary N) is 1. The number of thiazole rings is 1. The van der Waals surface area contributed by atoms with Crippen LogP contribution in [0, 0.1) is 11.8 Å². The molecule has 0 aliphatic heterocycles. The van der Waals surface area contributed by atoms with Gasteiger partial charge in [0.05, 0.1) is 17.4 Å². The van der Waals surface area contributed by atoms with Crippen molar-refractivity contribution in [2.75, 3.05) is 27.2 Å². The molecule has 2 aromatic heterocycles. The van der Waals surface area contributed by atoms with Crippen LogP contribution in [0.25, 0.3) is 11.3 Å². The number of amides is 2. The van der Waals surface area contributed by atoms with Gasteiger partial charge in [-0.3, -0.25) is 25.0 Å². The van der Waals surface area contributed by atoms with Crippen molar-refractivity contribution >= 4 is 47.4 Å². The maximum Gasteiger partial charge on any atom is 0.275 e. The summed E-state index contributed by atoms with van der Waals surface area (Å²) in [6.07, 6.45) is 10.8. The van der Waals surface area contributed by atoms with Gasteiger partial charge in [-0.15, -0.1) is 11.3 Å². The largest absolute Gasteiger partial charge is 0.395 e. The zero-order valence-electron chi connectivity index (χ0n) is 23.1. The van der Waals surface area contributed by atoms with E-state index < -0.39 is 23.4 Å². The zero-order chi connectivity index (χ0) is 29.6. The Morgan fingerprint density at radius 2 is 1.95 bits per heavy atom. The number of hydrogen-bond acceptors (Lipinski definition) is 10. The molecular weight excluding hydrogens is 552 g/mol. The fourth-order valence-corrected chi connectivity index (χ4v) is 4.74. The van der Waals surface area contributed by atoms with Crippen molar-refractivity contribution in [3.05, 3.63) is 57.6 Å². The van der Waals surface area contributed by atoms with Gasteiger partial charge in [-0.05, 0) is 52.0 Å². The SMILES string of the molecule is CN(C)CCCN=C/C(=C\NNC=O)c1nc(C(=O)N/C(C=NC2CCCCC2)=C(/N)c2nc(F)ccc2F)cs1. The minimum Gasteiger partial charge on any atom is -0.395 e. The van der Waals surface area contributed by atoms with Crippen molar-refractivity contribution in [2.24, 2.45) is 15.7 Å². The lowest BCUT2D eigenvalue weighted by atomic mass is 9.96. The lowest BCUT2D eigenvalue weighted by molar-refractivity contribution is -0.110. The van der Waals surface area contributed by atoms with E-state index in [0.717, 1.165) is 57.2 Å². The third-order valence-corrected chi connectivity index (χ3v) is 6.96. The van der Waals surface area contributed by atoms with Gasteiger partial charge in [0.15, 0.2) is 5.82 Å². The van der Waals surface area contributed by atoms with E-state index in [4.69, 9.17) is 5.73 Å². The molecule has 0 radical (unpaired) electrons. The number of hydrazine groups is 1. The van der Waals surface area contributed by atoms with Gasteiger partial charge in [-0.25, -0.2) is 14.4 Å². The number of carbonyl (C=O) groups is 2. The van der Waals surface area contributed by atoms with E-state index in [-0.39, 0.29) is 23.1 Å². The molecule has 2 amide bonds. The maximum absolute atomic E-state index is 14.5. The topological polar surface area (TPSA) is 150 Å². The second-order valence-corrected chi connectivity index (χ2v) is 10.4. The van der Waals surface area contributed by atoms with Crippen LogP contribution in [0.1, 0.15) is 59.7 Å². The highest BCUT2D eigenvalue weighted by Crippen LogP contribution is 2.22. The molecule has 0 atom stereocenters. The van der Waals surface area contributed by atoms with Crippen LogP contribution in [0.15, 0.2) is 39.4 Å². The summed E-state index contributed by atoms with van der Waals surface area (Å²) in [6.45, 7) is 1.45. The normalized spacial score (nSPS) is 15.4. The molecule has 0 aromatic carbocycles. The van der Waals surface area contributed by atoms with Crippen molar-refractivity contribution in [3.63, 3.8) is 0 Å². The summed E-state index contributed by atoms with van der Waals surface area (Å²) in [5.74, 6) is -2.38. The number of aliphatic imine (C=N–C) groups is 2. The van der Waals surface area contributed by atoms with E-state index >= 15 is 0 Å². The average molecular weight is 588 g/mol. The second kappa shape index (κ2) is 16.3. The minimum absolute atomic E-state index is 0.0119. The van der Waals surface area contributed by atoms with Crippen LogP contribution in [-0.4, -0.2) is 72.8 Å². The van der Waals surface area contributed by atoms with Crippen LogP contribution in [0.2, 0.25) is 0 Å². The van der Waals surface area contributed by atoms with Crippen molar-refractivity contribution in [1.29, 1.82) is 0 Å². The molecule has 0 unspecified atom stereocenters. The quantitative estimate of drug-likeness (QED) is 0.0873. The van der Waals surface area contributed by atoms with Crippen LogP contribution < -0.4 is 21.9 Å². The number of pyridine rings is 1. The standard InChI is InChI=1S/C27H35F2N9O2S/c1-38(2)12-6-11-31-13-18(14-33-34-17-39)27-36-22(16-41-27)26(40)35-21(15-32-19-7-4-3-5-8-19)24(30)25-20(28)9-10-23(29)37-25/h9-10,13-17,19,33H,3-8,11-12,30H2,1-2H3,(H,34,39)(H,35,40)/b18-14+,24-21+,31-13?,32-15?. The average Bonchev–Trinajstić information content (AvgIpc) is 3.46. The van der Waals surface area contributed by atoms with E-state index in [1.165, 1.54) is 23.8 Å². The monoisotopic (exact) mass is 587 g/mol. The highest BCUT2D eigenvalue weighted by atomic mass is 32.1. The third-order valence-electron chi connectivity index (χ3n) is 6.07. The lowest BCUT2D eigenvalue weighted by Crippen LogP contribution is -2.27. The molecule has 3 rings (SSSR count). The predicted molar refractivity (Wildman–Crippen MR) is 157 cm³/mol. The van der Waals surface area contributed by atoms with Crippen molar-refractivity contribution in [3.8, 4) is 0 Å². The molecule has 1 aliphatic rings. The summed E-state index contributed by atoms with van der Waals surface area (Å²) < 4.78 is 28.3. The molecule has 5 N–H and O–H groups in total. The first kappa shape index (κ1) is 31.5. The molecule has 220 valence electrons. The van der Waals surface area contributed by atoms with E-state index in [1.54, 1.807) is 11.6 Å². The van der Waals surface area contributed by atoms with Crippen LogP contribution >= 0.6 is 11.3 Å². The first-order chi connectivity index (χ1) is 19.8. The highest BCUT2D eigenvalue weighted by molar-refractivity contribution is 7.11. The van der Waals surface area contributed by atoms with Gasteiger partial charge in [-0.1, -0.05) is 19.3 Å². The number of aromatic nitrogens is 2. The first-order valence-corrected chi connectivity index (χ1v) is 14.1. The summed E-state index contributed by atoms with van der Waals surface area (Å²) in [4.78, 5) is 42.9. The molecule has 0 saturated heterocycles. The summed E-state index contributed by atoms with van der Waals surface area (Å²) >= 11 is 1.19. The minimum atomic E-state index is -0.913.